The number of benzene rings is 2. The highest BCUT2D eigenvalue weighted by atomic mass is 16.6. The number of para-hydroxylation sites is 2. The van der Waals surface area contributed by atoms with Crippen LogP contribution in [0.2, 0.25) is 0 Å². The van der Waals surface area contributed by atoms with Crippen LogP contribution < -0.4 is 5.32 Å². The predicted octanol–water partition coefficient (Wildman–Crippen LogP) is 3.13. The molecule has 102 valence electrons. The minimum atomic E-state index is -0.405. The number of nitro benzene ring substituents is 1. The molecule has 0 radical (unpaired) electrons. The molecule has 5 nitrogen and oxygen atoms in total. The van der Waals surface area contributed by atoms with E-state index in [1.807, 2.05) is 24.3 Å². The molecule has 0 aromatic heterocycles. The van der Waals surface area contributed by atoms with Crippen molar-refractivity contribution in [3.63, 3.8) is 0 Å². The molecule has 2 rings (SSSR count). The number of aliphatic hydroxyl groups is 1. The van der Waals surface area contributed by atoms with E-state index in [4.69, 9.17) is 5.11 Å². The molecular weight excluding hydrogens is 256 g/mol. The fourth-order valence-corrected chi connectivity index (χ4v) is 1.86. The first-order valence-electron chi connectivity index (χ1n) is 6.07. The first kappa shape index (κ1) is 13.8. The zero-order valence-corrected chi connectivity index (χ0v) is 10.7. The summed E-state index contributed by atoms with van der Waals surface area (Å²) in [6, 6.07) is 14.0. The van der Waals surface area contributed by atoms with Crippen molar-refractivity contribution >= 4 is 23.5 Å². The van der Waals surface area contributed by atoms with E-state index in [0.29, 0.717) is 5.56 Å². The molecule has 5 heteroatoms. The van der Waals surface area contributed by atoms with E-state index in [0.717, 1.165) is 11.3 Å². The van der Waals surface area contributed by atoms with Crippen molar-refractivity contribution < 1.29 is 10.0 Å². The highest BCUT2D eigenvalue weighted by Gasteiger charge is 2.09. The second-order valence-electron chi connectivity index (χ2n) is 4.07. The van der Waals surface area contributed by atoms with E-state index < -0.39 is 4.92 Å². The molecule has 0 heterocycles. The van der Waals surface area contributed by atoms with Gasteiger partial charge < -0.3 is 10.4 Å². The predicted molar refractivity (Wildman–Crippen MR) is 79.2 cm³/mol. The summed E-state index contributed by atoms with van der Waals surface area (Å²) in [6.45, 7) is -0.170. The Morgan fingerprint density at radius 3 is 2.35 bits per heavy atom. The number of anilines is 1. The van der Waals surface area contributed by atoms with Gasteiger partial charge in [0.25, 0.3) is 5.69 Å². The maximum Gasteiger partial charge on any atom is 0.276 e. The second kappa shape index (κ2) is 6.49. The van der Waals surface area contributed by atoms with E-state index in [-0.39, 0.29) is 12.4 Å². The largest absolute Gasteiger partial charge is 0.377 e. The maximum absolute atomic E-state index is 10.9. The number of nitro groups is 1. The van der Waals surface area contributed by atoms with Crippen molar-refractivity contribution in [2.24, 2.45) is 0 Å². The molecule has 0 saturated heterocycles. The van der Waals surface area contributed by atoms with Crippen LogP contribution in [0.25, 0.3) is 12.2 Å². The summed E-state index contributed by atoms with van der Waals surface area (Å²) in [5, 5.41) is 22.7. The van der Waals surface area contributed by atoms with Gasteiger partial charge >= 0.3 is 0 Å². The van der Waals surface area contributed by atoms with Crippen LogP contribution in [0.4, 0.5) is 11.4 Å². The highest BCUT2D eigenvalue weighted by molar-refractivity contribution is 5.79. The number of aliphatic hydroxyl groups excluding tert-OH is 1. The number of nitrogens with one attached hydrogen (secondary N) is 1. The van der Waals surface area contributed by atoms with Gasteiger partial charge in [0.05, 0.1) is 10.5 Å². The standard InChI is InChI=1S/C15H14N2O3/c18-11-16-14-7-3-1-5-12(14)9-10-13-6-2-4-8-15(13)17(19)20/h1-10,16,18H,11H2/b10-9+. The summed E-state index contributed by atoms with van der Waals surface area (Å²) in [7, 11) is 0. The Hall–Kier alpha value is -2.66. The molecule has 0 bridgehead atoms. The SMILES string of the molecule is O=[N+]([O-])c1ccccc1/C=C/c1ccccc1NCO. The summed E-state index contributed by atoms with van der Waals surface area (Å²) >= 11 is 0. The Labute approximate surface area is 116 Å². The number of hydrogen-bond acceptors (Lipinski definition) is 4. The van der Waals surface area contributed by atoms with Crippen molar-refractivity contribution in [3.8, 4) is 0 Å². The van der Waals surface area contributed by atoms with Gasteiger partial charge in [-0.1, -0.05) is 36.4 Å². The normalized spacial score (nSPS) is 10.7. The lowest BCUT2D eigenvalue weighted by molar-refractivity contribution is -0.385. The highest BCUT2D eigenvalue weighted by Crippen LogP contribution is 2.22. The van der Waals surface area contributed by atoms with Crippen LogP contribution in [0, 0.1) is 10.1 Å². The lowest BCUT2D eigenvalue weighted by atomic mass is 10.1. The lowest BCUT2D eigenvalue weighted by Crippen LogP contribution is -2.00. The topological polar surface area (TPSA) is 75.4 Å². The quantitative estimate of drug-likeness (QED) is 0.379. The minimum absolute atomic E-state index is 0.0661. The van der Waals surface area contributed by atoms with Gasteiger partial charge in [-0.15, -0.1) is 0 Å². The van der Waals surface area contributed by atoms with E-state index >= 15 is 0 Å². The molecule has 20 heavy (non-hydrogen) atoms. The van der Waals surface area contributed by atoms with Gasteiger partial charge in [0.1, 0.15) is 6.73 Å². The van der Waals surface area contributed by atoms with Gasteiger partial charge in [0.2, 0.25) is 0 Å². The van der Waals surface area contributed by atoms with Gasteiger partial charge in [-0.3, -0.25) is 10.1 Å². The Morgan fingerprint density at radius 2 is 1.65 bits per heavy atom. The summed E-state index contributed by atoms with van der Waals surface area (Å²) in [5.41, 5.74) is 2.22. The zero-order chi connectivity index (χ0) is 14.4. The Balaban J connectivity index is 2.33. The minimum Gasteiger partial charge on any atom is -0.377 e. The summed E-state index contributed by atoms with van der Waals surface area (Å²) < 4.78 is 0. The molecule has 0 aliphatic carbocycles. The van der Waals surface area contributed by atoms with Crippen molar-refractivity contribution in [3.05, 3.63) is 69.8 Å². The van der Waals surface area contributed by atoms with E-state index in [1.165, 1.54) is 6.07 Å². The molecule has 0 aliphatic rings. The van der Waals surface area contributed by atoms with Gasteiger partial charge in [0.15, 0.2) is 0 Å². The first-order chi connectivity index (χ1) is 9.72. The van der Waals surface area contributed by atoms with Crippen LogP contribution in [-0.4, -0.2) is 16.8 Å². The third-order valence-electron chi connectivity index (χ3n) is 2.81. The third kappa shape index (κ3) is 3.21. The molecule has 0 spiro atoms. The molecule has 0 saturated carbocycles. The van der Waals surface area contributed by atoms with Crippen LogP contribution in [-0.2, 0) is 0 Å². The van der Waals surface area contributed by atoms with Gasteiger partial charge in [0, 0.05) is 11.8 Å². The van der Waals surface area contributed by atoms with Crippen LogP contribution in [0.15, 0.2) is 48.5 Å². The van der Waals surface area contributed by atoms with Crippen LogP contribution >= 0.6 is 0 Å². The monoisotopic (exact) mass is 270 g/mol. The zero-order valence-electron chi connectivity index (χ0n) is 10.7. The van der Waals surface area contributed by atoms with Crippen LogP contribution in [0.1, 0.15) is 11.1 Å². The van der Waals surface area contributed by atoms with Crippen molar-refractivity contribution in [1.82, 2.24) is 0 Å². The molecular formula is C15H14N2O3. The molecule has 2 aromatic carbocycles. The van der Waals surface area contributed by atoms with Crippen molar-refractivity contribution in [2.75, 3.05) is 12.0 Å². The van der Waals surface area contributed by atoms with E-state index in [9.17, 15) is 10.1 Å². The third-order valence-corrected chi connectivity index (χ3v) is 2.81. The fraction of sp³-hybridized carbons (Fsp3) is 0.0667. The maximum atomic E-state index is 10.9. The summed E-state index contributed by atoms with van der Waals surface area (Å²) in [5.74, 6) is 0. The summed E-state index contributed by atoms with van der Waals surface area (Å²) in [4.78, 5) is 10.5. The summed E-state index contributed by atoms with van der Waals surface area (Å²) in [6.07, 6.45) is 3.47. The Kier molecular flexibility index (Phi) is 4.47. The second-order valence-corrected chi connectivity index (χ2v) is 4.07. The number of rotatable bonds is 5. The smallest absolute Gasteiger partial charge is 0.276 e. The molecule has 0 fully saturated rings. The van der Waals surface area contributed by atoms with Crippen molar-refractivity contribution in [2.45, 2.75) is 0 Å². The van der Waals surface area contributed by atoms with Gasteiger partial charge in [-0.05, 0) is 23.8 Å². The lowest BCUT2D eigenvalue weighted by Gasteiger charge is -2.06. The fourth-order valence-electron chi connectivity index (χ4n) is 1.86. The molecule has 0 unspecified atom stereocenters. The Morgan fingerprint density at radius 1 is 1.05 bits per heavy atom. The average molecular weight is 270 g/mol. The van der Waals surface area contributed by atoms with E-state index in [2.05, 4.69) is 5.32 Å². The molecule has 2 aromatic rings. The Bertz CT molecular complexity index is 639. The molecule has 0 amide bonds. The average Bonchev–Trinajstić information content (AvgIpc) is 2.47. The van der Waals surface area contributed by atoms with Crippen LogP contribution in [0.3, 0.4) is 0 Å². The molecule has 0 atom stereocenters. The number of hydrogen-bond donors (Lipinski definition) is 2. The molecule has 0 aliphatic heterocycles. The van der Waals surface area contributed by atoms with E-state index in [1.54, 1.807) is 30.4 Å². The first-order valence-corrected chi connectivity index (χ1v) is 6.07. The van der Waals surface area contributed by atoms with Crippen molar-refractivity contribution in [1.29, 1.82) is 0 Å². The number of nitrogens with zero attached hydrogens (tertiary/aromatic N) is 1. The van der Waals surface area contributed by atoms with Crippen LogP contribution in [0.5, 0.6) is 0 Å². The van der Waals surface area contributed by atoms with Gasteiger partial charge in [-0.25, -0.2) is 0 Å². The molecule has 2 N–H and O–H groups in total. The van der Waals surface area contributed by atoms with Gasteiger partial charge in [-0.2, -0.15) is 0 Å².